The molecule has 0 aromatic heterocycles. The van der Waals surface area contributed by atoms with Crippen LogP contribution < -0.4 is 5.32 Å². The van der Waals surface area contributed by atoms with Crippen LogP contribution in [-0.4, -0.2) is 24.0 Å². The van der Waals surface area contributed by atoms with Gasteiger partial charge in [0, 0.05) is 5.69 Å². The van der Waals surface area contributed by atoms with Crippen LogP contribution in [0.3, 0.4) is 0 Å². The third kappa shape index (κ3) is 2.69. The van der Waals surface area contributed by atoms with E-state index in [2.05, 4.69) is 5.32 Å². The summed E-state index contributed by atoms with van der Waals surface area (Å²) in [6, 6.07) is 5.93. The third-order valence-electron chi connectivity index (χ3n) is 1.60. The van der Waals surface area contributed by atoms with Crippen molar-refractivity contribution in [3.8, 4) is 0 Å². The van der Waals surface area contributed by atoms with Crippen molar-refractivity contribution in [1.29, 1.82) is 0 Å². The predicted octanol–water partition coefficient (Wildman–Crippen LogP) is 2.06. The van der Waals surface area contributed by atoms with Gasteiger partial charge in [0.2, 0.25) is 0 Å². The fourth-order valence-electron chi connectivity index (χ4n) is 1.01. The Labute approximate surface area is 79.4 Å². The maximum Gasteiger partial charge on any atom is 0.337 e. The van der Waals surface area contributed by atoms with Crippen molar-refractivity contribution in [2.45, 2.75) is 6.43 Å². The second-order valence-corrected chi connectivity index (χ2v) is 2.62. The molecule has 0 saturated heterocycles. The summed E-state index contributed by atoms with van der Waals surface area (Å²) in [4.78, 5) is 10.6. The van der Waals surface area contributed by atoms with Crippen LogP contribution in [0.1, 0.15) is 10.4 Å². The Morgan fingerprint density at radius 2 is 2.07 bits per heavy atom. The summed E-state index contributed by atoms with van der Waals surface area (Å²) in [6.45, 7) is -0.551. The van der Waals surface area contributed by atoms with Crippen molar-refractivity contribution in [1.82, 2.24) is 0 Å². The van der Waals surface area contributed by atoms with E-state index in [4.69, 9.17) is 5.11 Å². The van der Waals surface area contributed by atoms with Gasteiger partial charge in [-0.3, -0.25) is 0 Å². The Hall–Kier alpha value is -1.65. The molecule has 0 radical (unpaired) electrons. The van der Waals surface area contributed by atoms with Gasteiger partial charge in [0.05, 0.1) is 12.1 Å². The molecule has 76 valence electrons. The first-order valence-electron chi connectivity index (χ1n) is 3.95. The Bertz CT molecular complexity index is 328. The highest BCUT2D eigenvalue weighted by atomic mass is 19.3. The first-order chi connectivity index (χ1) is 6.61. The van der Waals surface area contributed by atoms with E-state index in [1.54, 1.807) is 6.07 Å². The second kappa shape index (κ2) is 4.55. The fourth-order valence-corrected chi connectivity index (χ4v) is 1.01. The summed E-state index contributed by atoms with van der Waals surface area (Å²) in [6.07, 6.45) is -2.50. The average Bonchev–Trinajstić information content (AvgIpc) is 2.15. The Balaban J connectivity index is 2.79. The van der Waals surface area contributed by atoms with Gasteiger partial charge in [-0.2, -0.15) is 0 Å². The van der Waals surface area contributed by atoms with E-state index in [0.717, 1.165) is 0 Å². The van der Waals surface area contributed by atoms with Crippen molar-refractivity contribution in [3.63, 3.8) is 0 Å². The molecule has 0 aliphatic rings. The van der Waals surface area contributed by atoms with E-state index in [0.29, 0.717) is 0 Å². The van der Waals surface area contributed by atoms with E-state index in [9.17, 15) is 13.6 Å². The summed E-state index contributed by atoms with van der Waals surface area (Å²) >= 11 is 0. The molecule has 2 N–H and O–H groups in total. The molecule has 0 bridgehead atoms. The molecular weight excluding hydrogens is 192 g/mol. The number of carboxylic acid groups (broad SMARTS) is 1. The molecule has 0 aliphatic heterocycles. The van der Waals surface area contributed by atoms with Crippen LogP contribution in [-0.2, 0) is 0 Å². The molecule has 0 spiro atoms. The summed E-state index contributed by atoms with van der Waals surface area (Å²) in [7, 11) is 0. The van der Waals surface area contributed by atoms with E-state index >= 15 is 0 Å². The van der Waals surface area contributed by atoms with Crippen molar-refractivity contribution in [3.05, 3.63) is 29.8 Å². The highest BCUT2D eigenvalue weighted by molar-refractivity contribution is 5.94. The van der Waals surface area contributed by atoms with Crippen molar-refractivity contribution in [2.24, 2.45) is 0 Å². The first kappa shape index (κ1) is 10.4. The highest BCUT2D eigenvalue weighted by Gasteiger charge is 2.09. The molecule has 0 saturated carbocycles. The van der Waals surface area contributed by atoms with E-state index < -0.39 is 18.9 Å². The first-order valence-corrected chi connectivity index (χ1v) is 3.95. The zero-order valence-corrected chi connectivity index (χ0v) is 7.21. The van der Waals surface area contributed by atoms with Gasteiger partial charge in [0.1, 0.15) is 0 Å². The number of halogens is 2. The number of hydrogen-bond acceptors (Lipinski definition) is 2. The number of benzene rings is 1. The third-order valence-corrected chi connectivity index (χ3v) is 1.60. The number of carbonyl (C=O) groups is 1. The van der Waals surface area contributed by atoms with Crippen molar-refractivity contribution >= 4 is 11.7 Å². The predicted molar refractivity (Wildman–Crippen MR) is 47.9 cm³/mol. The number of alkyl halides is 2. The smallest absolute Gasteiger partial charge is 0.337 e. The molecule has 0 heterocycles. The van der Waals surface area contributed by atoms with Gasteiger partial charge in [-0.15, -0.1) is 0 Å². The topological polar surface area (TPSA) is 49.3 Å². The number of carboxylic acids is 1. The average molecular weight is 201 g/mol. The maximum absolute atomic E-state index is 11.8. The molecule has 3 nitrogen and oxygen atoms in total. The number of rotatable bonds is 4. The largest absolute Gasteiger partial charge is 0.478 e. The lowest BCUT2D eigenvalue weighted by Gasteiger charge is -2.07. The van der Waals surface area contributed by atoms with Crippen LogP contribution in [0.25, 0.3) is 0 Å². The molecule has 0 unspecified atom stereocenters. The van der Waals surface area contributed by atoms with Gasteiger partial charge < -0.3 is 10.4 Å². The molecule has 14 heavy (non-hydrogen) atoms. The Morgan fingerprint density at radius 1 is 1.43 bits per heavy atom. The van der Waals surface area contributed by atoms with Gasteiger partial charge in [-0.25, -0.2) is 13.6 Å². The summed E-state index contributed by atoms with van der Waals surface area (Å²) in [5, 5.41) is 11.1. The van der Waals surface area contributed by atoms with Crippen LogP contribution >= 0.6 is 0 Å². The van der Waals surface area contributed by atoms with Crippen LogP contribution in [0.2, 0.25) is 0 Å². The van der Waals surface area contributed by atoms with Gasteiger partial charge >= 0.3 is 5.97 Å². The zero-order chi connectivity index (χ0) is 10.6. The summed E-state index contributed by atoms with van der Waals surface area (Å²) in [5.41, 5.74) is 0.202. The lowest BCUT2D eigenvalue weighted by Crippen LogP contribution is -2.13. The maximum atomic E-state index is 11.8. The number of hydrogen-bond donors (Lipinski definition) is 2. The van der Waals surface area contributed by atoms with E-state index in [-0.39, 0.29) is 11.3 Å². The SMILES string of the molecule is O=C(O)c1ccccc1NCC(F)F. The van der Waals surface area contributed by atoms with E-state index in [1.165, 1.54) is 18.2 Å². The fraction of sp³-hybridized carbons (Fsp3) is 0.222. The standard InChI is InChI=1S/C9H9F2NO2/c10-8(11)5-12-7-4-2-1-3-6(7)9(13)14/h1-4,8,12H,5H2,(H,13,14). The monoisotopic (exact) mass is 201 g/mol. The van der Waals surface area contributed by atoms with Crippen molar-refractivity contribution in [2.75, 3.05) is 11.9 Å². The molecule has 0 fully saturated rings. The minimum absolute atomic E-state index is 0.00634. The minimum atomic E-state index is -2.50. The van der Waals surface area contributed by atoms with Crippen LogP contribution in [0.15, 0.2) is 24.3 Å². The molecule has 1 aromatic carbocycles. The Morgan fingerprint density at radius 3 is 2.64 bits per heavy atom. The van der Waals surface area contributed by atoms with Gasteiger partial charge in [-0.05, 0) is 12.1 Å². The molecule has 5 heteroatoms. The molecule has 1 rings (SSSR count). The van der Waals surface area contributed by atoms with Crippen LogP contribution in [0.5, 0.6) is 0 Å². The normalized spacial score (nSPS) is 10.2. The quantitative estimate of drug-likeness (QED) is 0.783. The number of para-hydroxylation sites is 1. The highest BCUT2D eigenvalue weighted by Crippen LogP contribution is 2.14. The minimum Gasteiger partial charge on any atom is -0.478 e. The lowest BCUT2D eigenvalue weighted by atomic mass is 10.2. The summed E-state index contributed by atoms with van der Waals surface area (Å²) in [5.74, 6) is -1.14. The molecular formula is C9H9F2NO2. The molecule has 0 amide bonds. The molecule has 1 aromatic rings. The zero-order valence-electron chi connectivity index (χ0n) is 7.21. The number of aromatic carboxylic acids is 1. The second-order valence-electron chi connectivity index (χ2n) is 2.62. The molecule has 0 atom stereocenters. The van der Waals surface area contributed by atoms with Gasteiger partial charge in [-0.1, -0.05) is 12.1 Å². The number of nitrogens with one attached hydrogen (secondary N) is 1. The van der Waals surface area contributed by atoms with Crippen LogP contribution in [0, 0.1) is 0 Å². The van der Waals surface area contributed by atoms with Gasteiger partial charge in [0.25, 0.3) is 6.43 Å². The van der Waals surface area contributed by atoms with Crippen molar-refractivity contribution < 1.29 is 18.7 Å². The Kier molecular flexibility index (Phi) is 3.39. The summed E-state index contributed by atoms with van der Waals surface area (Å²) < 4.78 is 23.7. The van der Waals surface area contributed by atoms with Gasteiger partial charge in [0.15, 0.2) is 0 Å². The van der Waals surface area contributed by atoms with Crippen LogP contribution in [0.4, 0.5) is 14.5 Å². The number of anilines is 1. The van der Waals surface area contributed by atoms with E-state index in [1.807, 2.05) is 0 Å². The lowest BCUT2D eigenvalue weighted by molar-refractivity contribution is 0.0697. The molecule has 0 aliphatic carbocycles.